The van der Waals surface area contributed by atoms with E-state index in [9.17, 15) is 0 Å². The summed E-state index contributed by atoms with van der Waals surface area (Å²) in [6.07, 6.45) is 12.0. The van der Waals surface area contributed by atoms with Crippen LogP contribution in [0.2, 0.25) is 0 Å². The molecule has 4 aromatic carbocycles. The minimum atomic E-state index is 0. The van der Waals surface area contributed by atoms with Gasteiger partial charge in [0.05, 0.1) is 28.4 Å². The molecule has 86 heavy (non-hydrogen) atoms. The Morgan fingerprint density at radius 2 is 0.895 bits per heavy atom. The van der Waals surface area contributed by atoms with E-state index in [4.69, 9.17) is 24.1 Å². The molecule has 0 aliphatic heterocycles. The maximum atomic E-state index is 8.43. The van der Waals surface area contributed by atoms with E-state index < -0.39 is 0 Å². The van der Waals surface area contributed by atoms with Crippen LogP contribution in [0.1, 0.15) is 268 Å². The predicted molar refractivity (Wildman–Crippen MR) is 400 cm³/mol. The van der Waals surface area contributed by atoms with Crippen LogP contribution in [0.15, 0.2) is 108 Å². The minimum absolute atomic E-state index is 0. The molecule has 0 aliphatic rings. The molecule has 504 valence electrons. The molecule has 4 aromatic rings. The molecule has 5 nitrogen and oxygen atoms in total. The molecule has 0 spiro atoms. The normalized spacial score (nSPS) is 10.7. The van der Waals surface area contributed by atoms with E-state index in [1.165, 1.54) is 55.2 Å². The Hall–Kier alpha value is -3.39. The highest BCUT2D eigenvalue weighted by molar-refractivity contribution is 9.10. The number of ether oxygens (including phenoxy) is 4. The fourth-order valence-electron chi connectivity index (χ4n) is 6.31. The van der Waals surface area contributed by atoms with Gasteiger partial charge < -0.3 is 24.1 Å². The average molecular weight is 1290 g/mol. The van der Waals surface area contributed by atoms with Crippen molar-refractivity contribution in [1.29, 1.82) is 0 Å². The van der Waals surface area contributed by atoms with Gasteiger partial charge in [0.15, 0.2) is 11.5 Å². The summed E-state index contributed by atoms with van der Waals surface area (Å²) in [5.74, 6) is 7.96. The van der Waals surface area contributed by atoms with E-state index in [0.29, 0.717) is 40.6 Å². The van der Waals surface area contributed by atoms with Crippen molar-refractivity contribution in [1.82, 2.24) is 0 Å². The second kappa shape index (κ2) is 54.5. The SMILES string of the molecule is C.C=CC(C)C.CC(C)(C)C.CC(C)(C)CCCO.CC(C)(C)c1ccc(Br)cc1.CC(C)C.CC(C)CCS.CC(C)Cc1ccccc1.CCCCCC(C)C.COc1cc(C(C)(C)C)cc(OC)c1OC.COc1ccc(C(C)(C)C)cc1. The first-order valence-corrected chi connectivity index (χ1v) is 33.4. The lowest BCUT2D eigenvalue weighted by Gasteiger charge is -2.22. The third-order valence-electron chi connectivity index (χ3n) is 11.3. The lowest BCUT2D eigenvalue weighted by atomic mass is 9.86. The number of aliphatic hydroxyl groups excluding tert-OH is 1. The molecule has 0 radical (unpaired) electrons. The minimum Gasteiger partial charge on any atom is -0.497 e. The van der Waals surface area contributed by atoms with E-state index in [1.807, 2.05) is 30.3 Å². The molecule has 0 heterocycles. The highest BCUT2D eigenvalue weighted by atomic mass is 79.9. The number of rotatable bonds is 15. The fourth-order valence-corrected chi connectivity index (χ4v) is 7.09. The zero-order valence-corrected chi connectivity index (χ0v) is 64.3. The number of thiol groups is 1. The third-order valence-corrected chi connectivity index (χ3v) is 12.1. The summed E-state index contributed by atoms with van der Waals surface area (Å²) in [6, 6.07) is 31.3. The monoisotopic (exact) mass is 1280 g/mol. The fraction of sp³-hybridized carbons (Fsp3) is 0.671. The molecule has 0 saturated carbocycles. The molecule has 0 aromatic heterocycles. The Bertz CT molecular complexity index is 2040. The lowest BCUT2D eigenvalue weighted by molar-refractivity contribution is 0.251. The molecule has 0 amide bonds. The second-order valence-corrected chi connectivity index (χ2v) is 31.2. The van der Waals surface area contributed by atoms with Crippen LogP contribution in [0.5, 0.6) is 23.0 Å². The maximum absolute atomic E-state index is 8.43. The van der Waals surface area contributed by atoms with Crippen LogP contribution >= 0.6 is 28.6 Å². The number of hydrogen-bond acceptors (Lipinski definition) is 6. The van der Waals surface area contributed by atoms with Gasteiger partial charge in [-0.15, -0.1) is 6.58 Å². The molecular weight excluding hydrogens is 1140 g/mol. The molecule has 0 fully saturated rings. The Balaban J connectivity index is -0.000000165. The van der Waals surface area contributed by atoms with Crippen molar-refractivity contribution in [3.8, 4) is 23.0 Å². The van der Waals surface area contributed by atoms with Gasteiger partial charge in [0.1, 0.15) is 5.75 Å². The highest BCUT2D eigenvalue weighted by Gasteiger charge is 2.20. The average Bonchev–Trinajstić information content (AvgIpc) is 3.30. The number of aliphatic hydroxyl groups is 1. The molecule has 0 bridgehead atoms. The van der Waals surface area contributed by atoms with Gasteiger partial charge in [-0.2, -0.15) is 12.6 Å². The van der Waals surface area contributed by atoms with Crippen LogP contribution in [-0.2, 0) is 22.7 Å². The zero-order chi connectivity index (χ0) is 67.8. The molecule has 4 rings (SSSR count). The van der Waals surface area contributed by atoms with Crippen molar-refractivity contribution in [2.24, 2.45) is 40.4 Å². The van der Waals surface area contributed by atoms with Crippen LogP contribution in [0.4, 0.5) is 0 Å². The summed E-state index contributed by atoms with van der Waals surface area (Å²) >= 11 is 7.47. The van der Waals surface area contributed by atoms with Crippen LogP contribution in [-0.4, -0.2) is 45.9 Å². The van der Waals surface area contributed by atoms with Gasteiger partial charge in [-0.05, 0) is 147 Å². The Labute approximate surface area is 552 Å². The number of methoxy groups -OCH3 is 4. The zero-order valence-electron chi connectivity index (χ0n) is 61.8. The predicted octanol–water partition coefficient (Wildman–Crippen LogP) is 25.8. The van der Waals surface area contributed by atoms with Crippen molar-refractivity contribution in [2.45, 2.75) is 269 Å². The number of unbranched alkanes of at least 4 members (excludes halogenated alkanes) is 2. The standard InChI is InChI=1S/C13H20O3.C11H16O.C10H13Br.C10H14.C8H18.C7H16O.C5H12S.C5H12.C5H10.C4H10.CH4/c1-13(2,3)9-7-10(14-4)12(16-6)11(8-9)15-5;1-11(2,3)9-5-7-10(12-4)8-6-9;1-10(2,3)8-4-6-9(11)7-5-8;1-9(2)8-10-6-4-3-5-7-10;1-4-5-6-7-8(2)3;1-7(2,3)5-4-6-8;1-5(2)3-4-6;1-5(2,3)4;1-4-5(2)3;1-4(2)3;/h7-8H,1-6H3;5-8H,1-4H3;4-7H,1-3H3;3-7,9H,8H2,1-2H3;8H,4-7H2,1-3H3;8H,4-6H2,1-3H3;5-6H,3-4H2,1-2H3;1-4H3;4-5H,1H2,2-3H3;4H,1-3H3;1H4. The van der Waals surface area contributed by atoms with Gasteiger partial charge >= 0.3 is 0 Å². The maximum Gasteiger partial charge on any atom is 0.203 e. The molecule has 0 aliphatic carbocycles. The van der Waals surface area contributed by atoms with Crippen molar-refractivity contribution in [2.75, 3.05) is 40.8 Å². The van der Waals surface area contributed by atoms with Gasteiger partial charge in [-0.25, -0.2) is 0 Å². The van der Waals surface area contributed by atoms with E-state index in [2.05, 4.69) is 296 Å². The third kappa shape index (κ3) is 69.7. The first-order chi connectivity index (χ1) is 38.9. The van der Waals surface area contributed by atoms with Crippen molar-refractivity contribution < 1.29 is 24.1 Å². The summed E-state index contributed by atoms with van der Waals surface area (Å²) < 4.78 is 22.1. The van der Waals surface area contributed by atoms with E-state index in [1.54, 1.807) is 28.4 Å². The number of halogens is 1. The van der Waals surface area contributed by atoms with Gasteiger partial charge in [-0.3, -0.25) is 0 Å². The summed E-state index contributed by atoms with van der Waals surface area (Å²) in [6.45, 7) is 65.3. The van der Waals surface area contributed by atoms with Crippen molar-refractivity contribution in [3.05, 3.63) is 130 Å². The first kappa shape index (κ1) is 96.2. The molecule has 0 unspecified atom stereocenters. The lowest BCUT2D eigenvalue weighted by Crippen LogP contribution is -2.11. The van der Waals surface area contributed by atoms with Crippen LogP contribution in [0.3, 0.4) is 0 Å². The van der Waals surface area contributed by atoms with Crippen molar-refractivity contribution in [3.63, 3.8) is 0 Å². The number of benzene rings is 4. The molecule has 0 atom stereocenters. The van der Waals surface area contributed by atoms with E-state index in [-0.39, 0.29) is 23.7 Å². The van der Waals surface area contributed by atoms with Gasteiger partial charge in [0.2, 0.25) is 5.75 Å². The van der Waals surface area contributed by atoms with Gasteiger partial charge in [0.25, 0.3) is 0 Å². The second-order valence-electron chi connectivity index (χ2n) is 29.9. The summed E-state index contributed by atoms with van der Waals surface area (Å²) in [4.78, 5) is 0. The Morgan fingerprint density at radius 3 is 1.13 bits per heavy atom. The molecular formula is C79H145BrO5S. The van der Waals surface area contributed by atoms with Crippen LogP contribution < -0.4 is 18.9 Å². The van der Waals surface area contributed by atoms with Crippen molar-refractivity contribution >= 4 is 28.6 Å². The van der Waals surface area contributed by atoms with Gasteiger partial charge in [-0.1, -0.05) is 304 Å². The highest BCUT2D eigenvalue weighted by Crippen LogP contribution is 2.41. The topological polar surface area (TPSA) is 57.2 Å². The van der Waals surface area contributed by atoms with Crippen LogP contribution in [0, 0.1) is 40.4 Å². The number of hydrogen-bond donors (Lipinski definition) is 2. The summed E-state index contributed by atoms with van der Waals surface area (Å²) in [5, 5.41) is 8.43. The number of allylic oxidation sites excluding steroid dienone is 1. The smallest absolute Gasteiger partial charge is 0.203 e. The molecule has 1 N–H and O–H groups in total. The summed E-state index contributed by atoms with van der Waals surface area (Å²) in [5.41, 5.74) is 6.74. The Morgan fingerprint density at radius 1 is 0.523 bits per heavy atom. The first-order valence-electron chi connectivity index (χ1n) is 32.0. The molecule has 0 saturated heterocycles. The van der Waals surface area contributed by atoms with Crippen LogP contribution in [0.25, 0.3) is 0 Å². The molecule has 7 heteroatoms. The quantitative estimate of drug-likeness (QED) is 0.0706. The summed E-state index contributed by atoms with van der Waals surface area (Å²) in [7, 11) is 6.55. The Kier molecular flexibility index (Phi) is 61.0. The van der Waals surface area contributed by atoms with E-state index >= 15 is 0 Å². The largest absolute Gasteiger partial charge is 0.497 e. The van der Waals surface area contributed by atoms with Gasteiger partial charge in [0, 0.05) is 11.1 Å². The van der Waals surface area contributed by atoms with E-state index in [0.717, 1.165) is 58.1 Å².